The van der Waals surface area contributed by atoms with Crippen LogP contribution in [-0.4, -0.2) is 44.8 Å². The summed E-state index contributed by atoms with van der Waals surface area (Å²) in [7, 11) is 1.86. The molecular weight excluding hydrogens is 290 g/mol. The van der Waals surface area contributed by atoms with Crippen LogP contribution in [0.3, 0.4) is 0 Å². The standard InChI is InChI=1S/C14H18ClN5O/c1-10(14-16-17-18-19(14)2)20-6-7-21-13(9-20)11-4-3-5-12(15)8-11/h3-5,8,10,13H,6-7,9H2,1-2H3. The van der Waals surface area contributed by atoms with E-state index >= 15 is 0 Å². The summed E-state index contributed by atoms with van der Waals surface area (Å²) in [5, 5.41) is 12.5. The highest BCUT2D eigenvalue weighted by Crippen LogP contribution is 2.28. The Hall–Kier alpha value is -1.50. The fraction of sp³-hybridized carbons (Fsp3) is 0.500. The van der Waals surface area contributed by atoms with Gasteiger partial charge in [0.15, 0.2) is 5.82 Å². The van der Waals surface area contributed by atoms with Crippen LogP contribution in [0.5, 0.6) is 0 Å². The Bertz CT molecular complexity index is 617. The van der Waals surface area contributed by atoms with Crippen LogP contribution < -0.4 is 0 Å². The van der Waals surface area contributed by atoms with Crippen molar-refractivity contribution >= 4 is 11.6 Å². The molecule has 1 aromatic heterocycles. The van der Waals surface area contributed by atoms with Crippen LogP contribution in [0, 0.1) is 0 Å². The molecule has 1 aliphatic heterocycles. The van der Waals surface area contributed by atoms with Crippen LogP contribution in [-0.2, 0) is 11.8 Å². The molecular formula is C14H18ClN5O. The monoisotopic (exact) mass is 307 g/mol. The molecule has 1 saturated heterocycles. The zero-order chi connectivity index (χ0) is 14.8. The molecule has 1 aromatic carbocycles. The zero-order valence-corrected chi connectivity index (χ0v) is 12.9. The first kappa shape index (κ1) is 14.4. The van der Waals surface area contributed by atoms with Gasteiger partial charge in [-0.05, 0) is 35.0 Å². The lowest BCUT2D eigenvalue weighted by Gasteiger charge is -2.36. The van der Waals surface area contributed by atoms with E-state index in [4.69, 9.17) is 16.3 Å². The third-order valence-electron chi connectivity index (χ3n) is 3.89. The lowest BCUT2D eigenvalue weighted by atomic mass is 10.1. The van der Waals surface area contributed by atoms with Crippen molar-refractivity contribution in [3.63, 3.8) is 0 Å². The van der Waals surface area contributed by atoms with E-state index in [9.17, 15) is 0 Å². The average Bonchev–Trinajstić information content (AvgIpc) is 2.93. The van der Waals surface area contributed by atoms with Crippen molar-refractivity contribution in [3.05, 3.63) is 40.7 Å². The van der Waals surface area contributed by atoms with Gasteiger partial charge in [-0.1, -0.05) is 23.7 Å². The van der Waals surface area contributed by atoms with Crippen molar-refractivity contribution in [1.29, 1.82) is 0 Å². The first-order chi connectivity index (χ1) is 10.1. The number of aryl methyl sites for hydroxylation is 1. The predicted octanol–water partition coefficient (Wildman–Crippen LogP) is 2.00. The van der Waals surface area contributed by atoms with Gasteiger partial charge in [-0.2, -0.15) is 0 Å². The second-order valence-electron chi connectivity index (χ2n) is 5.25. The third-order valence-corrected chi connectivity index (χ3v) is 4.13. The third kappa shape index (κ3) is 3.07. The van der Waals surface area contributed by atoms with Gasteiger partial charge in [-0.25, -0.2) is 4.68 Å². The van der Waals surface area contributed by atoms with E-state index in [0.29, 0.717) is 6.61 Å². The maximum Gasteiger partial charge on any atom is 0.167 e. The molecule has 21 heavy (non-hydrogen) atoms. The second-order valence-corrected chi connectivity index (χ2v) is 5.68. The van der Waals surface area contributed by atoms with Gasteiger partial charge in [0, 0.05) is 25.2 Å². The Morgan fingerprint density at radius 1 is 1.43 bits per heavy atom. The molecule has 0 spiro atoms. The molecule has 2 atom stereocenters. The Morgan fingerprint density at radius 3 is 3.00 bits per heavy atom. The number of rotatable bonds is 3. The number of hydrogen-bond acceptors (Lipinski definition) is 5. The Balaban J connectivity index is 1.75. The topological polar surface area (TPSA) is 56.1 Å². The van der Waals surface area contributed by atoms with E-state index in [1.54, 1.807) is 4.68 Å². The lowest BCUT2D eigenvalue weighted by Crippen LogP contribution is -2.40. The highest BCUT2D eigenvalue weighted by molar-refractivity contribution is 6.30. The normalized spacial score (nSPS) is 21.4. The number of hydrogen-bond donors (Lipinski definition) is 0. The van der Waals surface area contributed by atoms with Crippen molar-refractivity contribution < 1.29 is 4.74 Å². The van der Waals surface area contributed by atoms with E-state index in [1.165, 1.54) is 0 Å². The molecule has 3 rings (SSSR count). The van der Waals surface area contributed by atoms with E-state index in [-0.39, 0.29) is 12.1 Å². The van der Waals surface area contributed by atoms with Gasteiger partial charge in [0.25, 0.3) is 0 Å². The van der Waals surface area contributed by atoms with E-state index < -0.39 is 0 Å². The van der Waals surface area contributed by atoms with Crippen molar-refractivity contribution in [1.82, 2.24) is 25.1 Å². The molecule has 0 aliphatic carbocycles. The minimum Gasteiger partial charge on any atom is -0.371 e. The molecule has 0 saturated carbocycles. The van der Waals surface area contributed by atoms with Crippen LogP contribution in [0.4, 0.5) is 0 Å². The van der Waals surface area contributed by atoms with E-state index in [2.05, 4.69) is 33.4 Å². The number of nitrogens with zero attached hydrogens (tertiary/aromatic N) is 5. The molecule has 1 fully saturated rings. The van der Waals surface area contributed by atoms with Crippen molar-refractivity contribution in [2.24, 2.45) is 7.05 Å². The summed E-state index contributed by atoms with van der Waals surface area (Å²) in [5.74, 6) is 0.863. The Morgan fingerprint density at radius 2 is 2.29 bits per heavy atom. The summed E-state index contributed by atoms with van der Waals surface area (Å²) in [6.45, 7) is 4.47. The quantitative estimate of drug-likeness (QED) is 0.868. The number of ether oxygens (including phenoxy) is 1. The Labute approximate surface area is 128 Å². The number of benzene rings is 1. The molecule has 7 heteroatoms. The van der Waals surface area contributed by atoms with Gasteiger partial charge < -0.3 is 4.74 Å². The summed E-state index contributed by atoms with van der Waals surface area (Å²) in [6, 6.07) is 7.99. The number of morpholine rings is 1. The maximum absolute atomic E-state index is 6.07. The van der Waals surface area contributed by atoms with Crippen LogP contribution in [0.25, 0.3) is 0 Å². The molecule has 6 nitrogen and oxygen atoms in total. The summed E-state index contributed by atoms with van der Waals surface area (Å²) in [6.07, 6.45) is 0.0288. The molecule has 0 N–H and O–H groups in total. The number of tetrazole rings is 1. The first-order valence-electron chi connectivity index (χ1n) is 6.98. The first-order valence-corrected chi connectivity index (χ1v) is 7.36. The Kier molecular flexibility index (Phi) is 4.19. The molecule has 1 aliphatic rings. The van der Waals surface area contributed by atoms with Gasteiger partial charge in [0.2, 0.25) is 0 Å². The van der Waals surface area contributed by atoms with Crippen molar-refractivity contribution in [3.8, 4) is 0 Å². The minimum atomic E-state index is 0.0288. The minimum absolute atomic E-state index is 0.0288. The summed E-state index contributed by atoms with van der Waals surface area (Å²) in [4.78, 5) is 2.33. The van der Waals surface area contributed by atoms with Gasteiger partial charge in [0.05, 0.1) is 18.8 Å². The van der Waals surface area contributed by atoms with E-state index in [0.717, 1.165) is 29.5 Å². The zero-order valence-electron chi connectivity index (χ0n) is 12.1. The van der Waals surface area contributed by atoms with Gasteiger partial charge in [-0.15, -0.1) is 5.10 Å². The molecule has 0 amide bonds. The van der Waals surface area contributed by atoms with Crippen LogP contribution in [0.1, 0.15) is 30.5 Å². The van der Waals surface area contributed by atoms with Gasteiger partial charge in [0.1, 0.15) is 0 Å². The summed E-state index contributed by atoms with van der Waals surface area (Å²) < 4.78 is 7.61. The number of halogens is 1. The highest BCUT2D eigenvalue weighted by atomic mass is 35.5. The lowest BCUT2D eigenvalue weighted by molar-refractivity contribution is -0.0446. The highest BCUT2D eigenvalue weighted by Gasteiger charge is 2.28. The summed E-state index contributed by atoms with van der Waals surface area (Å²) in [5.41, 5.74) is 1.11. The maximum atomic E-state index is 6.07. The van der Waals surface area contributed by atoms with Gasteiger partial charge >= 0.3 is 0 Å². The van der Waals surface area contributed by atoms with Crippen molar-refractivity contribution in [2.45, 2.75) is 19.1 Å². The molecule has 0 radical (unpaired) electrons. The number of aromatic nitrogens is 4. The van der Waals surface area contributed by atoms with Gasteiger partial charge in [-0.3, -0.25) is 4.90 Å². The molecule has 2 heterocycles. The predicted molar refractivity (Wildman–Crippen MR) is 78.9 cm³/mol. The van der Waals surface area contributed by atoms with Crippen LogP contribution in [0.2, 0.25) is 5.02 Å². The average molecular weight is 308 g/mol. The molecule has 2 aromatic rings. The largest absolute Gasteiger partial charge is 0.371 e. The molecule has 112 valence electrons. The molecule has 0 bridgehead atoms. The fourth-order valence-corrected chi connectivity index (χ4v) is 2.88. The second kappa shape index (κ2) is 6.09. The van der Waals surface area contributed by atoms with E-state index in [1.807, 2.05) is 25.2 Å². The van der Waals surface area contributed by atoms with Crippen molar-refractivity contribution in [2.75, 3.05) is 19.7 Å². The molecule has 2 unspecified atom stereocenters. The smallest absolute Gasteiger partial charge is 0.167 e. The van der Waals surface area contributed by atoms with Crippen LogP contribution in [0.15, 0.2) is 24.3 Å². The fourth-order valence-electron chi connectivity index (χ4n) is 2.68. The SMILES string of the molecule is CC(c1nnnn1C)N1CCOC(c2cccc(Cl)c2)C1. The van der Waals surface area contributed by atoms with Crippen LogP contribution >= 0.6 is 11.6 Å². The summed E-state index contributed by atoms with van der Waals surface area (Å²) >= 11 is 6.07.